The maximum absolute atomic E-state index is 13.6. The van der Waals surface area contributed by atoms with Gasteiger partial charge >= 0.3 is 5.97 Å². The maximum Gasteiger partial charge on any atom is 0.326 e. The van der Waals surface area contributed by atoms with E-state index in [4.69, 9.17) is 34.4 Å². The van der Waals surface area contributed by atoms with Gasteiger partial charge in [-0.3, -0.25) is 57.9 Å². The Morgan fingerprint density at radius 3 is 1.20 bits per heavy atom. The van der Waals surface area contributed by atoms with E-state index >= 15 is 0 Å². The van der Waals surface area contributed by atoms with Crippen molar-refractivity contribution in [3.63, 3.8) is 0 Å². The number of carbonyl (C=O) groups is 11. The summed E-state index contributed by atoms with van der Waals surface area (Å²) in [6.07, 6.45) is 0.428. The number of aliphatic carboxylic acids is 1. The summed E-state index contributed by atoms with van der Waals surface area (Å²) in [6.45, 7) is 10.8. The fourth-order valence-corrected chi connectivity index (χ4v) is 6.99. The van der Waals surface area contributed by atoms with E-state index < -0.39 is 144 Å². The lowest BCUT2D eigenvalue weighted by molar-refractivity contribution is -0.144. The molecule has 0 aliphatic heterocycles. The third-order valence-corrected chi connectivity index (χ3v) is 12.4. The van der Waals surface area contributed by atoms with Crippen LogP contribution in [0.1, 0.15) is 99.8 Å². The lowest BCUT2D eigenvalue weighted by atomic mass is 9.97. The van der Waals surface area contributed by atoms with Gasteiger partial charge in [-0.1, -0.05) is 40.5 Å². The number of nitrogens with two attached hydrogens (primary N) is 6. The van der Waals surface area contributed by atoms with Crippen LogP contribution in [0.4, 0.5) is 0 Å². The maximum atomic E-state index is 13.6. The SMILES string of the molecule is CC[C@H](C)[C@H](NC(=O)[C@H](CCCN=C(N)N)NC(=O)[C@H](CS)NC(=O)[C@H](C)NC(=O)[C@H](CCC(N)=O)NC(=O)[C@H](C)NC(=O)[C@H](C)NC(=O)[C@H](CCCN=C(N)N)NC(=O)[C@@H](NC(=O)[C@@H](N)CS)[C@@H](C)CC)C(=O)O. The average Bonchev–Trinajstić information content (AvgIpc) is 3.35. The number of primary amides is 1. The number of thiol groups is 2. The molecule has 0 aromatic rings. The van der Waals surface area contributed by atoms with Gasteiger partial charge in [-0.15, -0.1) is 0 Å². The van der Waals surface area contributed by atoms with Crippen LogP contribution in [0.3, 0.4) is 0 Å². The second-order valence-electron chi connectivity index (χ2n) is 17.9. The zero-order valence-corrected chi connectivity index (χ0v) is 45.4. The number of nitrogens with zero attached hydrogens (tertiary/aromatic N) is 2. The molecule has 29 nitrogen and oxygen atoms in total. The van der Waals surface area contributed by atoms with Crippen LogP contribution >= 0.6 is 25.3 Å². The number of carboxylic acids is 1. The van der Waals surface area contributed by atoms with Gasteiger partial charge in [-0.2, -0.15) is 25.3 Å². The fraction of sp³-hybridized carbons (Fsp3) is 0.705. The second kappa shape index (κ2) is 35.5. The van der Waals surface area contributed by atoms with Crippen molar-refractivity contribution in [1.29, 1.82) is 0 Å². The summed E-state index contributed by atoms with van der Waals surface area (Å²) in [5, 5.41) is 32.0. The highest BCUT2D eigenvalue weighted by molar-refractivity contribution is 7.80. The van der Waals surface area contributed by atoms with Crippen molar-refractivity contribution in [2.24, 2.45) is 56.2 Å². The van der Waals surface area contributed by atoms with Crippen molar-refractivity contribution >= 4 is 102 Å². The molecule has 0 aliphatic rings. The third kappa shape index (κ3) is 26.4. The number of amides is 10. The minimum atomic E-state index is -1.51. The Morgan fingerprint density at radius 2 is 0.800 bits per heavy atom. The second-order valence-corrected chi connectivity index (χ2v) is 18.6. The highest BCUT2D eigenvalue weighted by Crippen LogP contribution is 2.12. The molecule has 10 amide bonds. The number of aliphatic imine (C=N–C) groups is 2. The lowest BCUT2D eigenvalue weighted by Gasteiger charge is -2.28. The predicted octanol–water partition coefficient (Wildman–Crippen LogP) is -5.85. The topological polar surface area (TPSA) is 497 Å². The molecular formula is C44H81N17O12S2. The normalized spacial score (nSPS) is 15.7. The summed E-state index contributed by atoms with van der Waals surface area (Å²) >= 11 is 8.20. The van der Waals surface area contributed by atoms with Crippen molar-refractivity contribution in [3.05, 3.63) is 0 Å². The molecule has 0 saturated carbocycles. The molecule has 426 valence electrons. The lowest BCUT2D eigenvalue weighted by Crippen LogP contribution is -2.60. The Labute approximate surface area is 447 Å². The smallest absolute Gasteiger partial charge is 0.326 e. The first-order valence-corrected chi connectivity index (χ1v) is 25.6. The van der Waals surface area contributed by atoms with Crippen LogP contribution in [0.2, 0.25) is 0 Å². The van der Waals surface area contributed by atoms with Gasteiger partial charge in [-0.25, -0.2) is 4.79 Å². The Morgan fingerprint density at radius 1 is 0.453 bits per heavy atom. The number of carboxylic acid groups (broad SMARTS) is 1. The Bertz CT molecular complexity index is 2030. The molecule has 0 aromatic carbocycles. The van der Waals surface area contributed by atoms with Crippen molar-refractivity contribution in [1.82, 2.24) is 47.9 Å². The van der Waals surface area contributed by atoms with E-state index in [1.54, 1.807) is 27.7 Å². The first kappa shape index (κ1) is 68.4. The van der Waals surface area contributed by atoms with Gasteiger partial charge in [0.15, 0.2) is 11.9 Å². The minimum absolute atomic E-state index is 0.00361. The van der Waals surface area contributed by atoms with E-state index in [0.29, 0.717) is 12.8 Å². The highest BCUT2D eigenvalue weighted by atomic mass is 32.1. The van der Waals surface area contributed by atoms with Crippen LogP contribution in [0, 0.1) is 11.8 Å². The number of rotatable bonds is 36. The van der Waals surface area contributed by atoms with Gasteiger partial charge in [-0.05, 0) is 64.7 Å². The summed E-state index contributed by atoms with van der Waals surface area (Å²) in [5.41, 5.74) is 32.7. The number of guanidine groups is 2. The molecule has 0 radical (unpaired) electrons. The van der Waals surface area contributed by atoms with Crippen LogP contribution in [0.15, 0.2) is 9.98 Å². The van der Waals surface area contributed by atoms with Crippen LogP contribution in [-0.2, 0) is 52.7 Å². The van der Waals surface area contributed by atoms with Crippen LogP contribution in [0.5, 0.6) is 0 Å². The molecule has 12 atom stereocenters. The molecule has 0 bridgehead atoms. The molecule has 0 saturated heterocycles. The molecule has 0 rings (SSSR count). The number of hydrogen-bond donors (Lipinski definition) is 18. The first-order chi connectivity index (χ1) is 35.0. The van der Waals surface area contributed by atoms with Gasteiger partial charge in [0.05, 0.1) is 6.04 Å². The van der Waals surface area contributed by atoms with Crippen LogP contribution in [-0.4, -0.2) is 167 Å². The van der Waals surface area contributed by atoms with E-state index in [-0.39, 0.29) is 68.6 Å². The molecule has 31 heteroatoms. The summed E-state index contributed by atoms with van der Waals surface area (Å²) < 4.78 is 0. The largest absolute Gasteiger partial charge is 0.480 e. The standard InChI is InChI=1S/C44H81N17O12S2/c1-8-20(3)31(60-36(66)25(45)18-74)41(71)58-26(12-10-16-51-43(47)48)37(67)54-22(5)33(63)53-23(6)34(64)56-28(14-15-30(46)62)38(68)55-24(7)35(65)59-29(19-75)40(70)57-27(13-11-17-52-44(49)50)39(69)61-32(42(72)73)21(4)9-2/h20-29,31-32,74-75H,8-19,45H2,1-7H3,(H2,46,62)(H,53,63)(H,54,67)(H,55,68)(H,56,64)(H,57,70)(H,58,71)(H,59,65)(H,60,66)(H,61,69)(H,72,73)(H4,47,48,51)(H4,49,50,52)/t20-,21-,22-,23-,24-,25-,26-,27-,28-,29-,31-,32-/m0/s1. The van der Waals surface area contributed by atoms with Crippen molar-refractivity contribution in [3.8, 4) is 0 Å². The summed E-state index contributed by atoms with van der Waals surface area (Å²) in [5.74, 6) is -11.3. The van der Waals surface area contributed by atoms with Crippen LogP contribution in [0.25, 0.3) is 0 Å². The molecule has 0 aliphatic carbocycles. The first-order valence-electron chi connectivity index (χ1n) is 24.4. The molecule has 0 fully saturated rings. The summed E-state index contributed by atoms with van der Waals surface area (Å²) in [4.78, 5) is 152. The molecule has 0 unspecified atom stereocenters. The Kier molecular flexibility index (Phi) is 32.4. The summed E-state index contributed by atoms with van der Waals surface area (Å²) in [6, 6.07) is -13.0. The monoisotopic (exact) mass is 1100 g/mol. The van der Waals surface area contributed by atoms with Gasteiger partial charge in [0.2, 0.25) is 59.1 Å². The van der Waals surface area contributed by atoms with Crippen molar-refractivity contribution in [2.45, 2.75) is 160 Å². The number of nitrogens with one attached hydrogen (secondary N) is 9. The van der Waals surface area contributed by atoms with Crippen molar-refractivity contribution < 1.29 is 57.8 Å². The molecule has 22 N–H and O–H groups in total. The fourth-order valence-electron chi connectivity index (χ4n) is 6.57. The highest BCUT2D eigenvalue weighted by Gasteiger charge is 2.35. The zero-order chi connectivity index (χ0) is 57.7. The van der Waals surface area contributed by atoms with E-state index in [1.165, 1.54) is 20.8 Å². The van der Waals surface area contributed by atoms with Gasteiger partial charge < -0.3 is 87.4 Å². The zero-order valence-electron chi connectivity index (χ0n) is 43.6. The van der Waals surface area contributed by atoms with Gasteiger partial charge in [0.25, 0.3) is 0 Å². The molecule has 0 spiro atoms. The van der Waals surface area contributed by atoms with E-state index in [0.717, 1.165) is 0 Å². The molecule has 0 heterocycles. The van der Waals surface area contributed by atoms with E-state index in [2.05, 4.69) is 83.1 Å². The molecule has 75 heavy (non-hydrogen) atoms. The number of carbonyl (C=O) groups excluding carboxylic acids is 10. The third-order valence-electron chi connectivity index (χ3n) is 11.6. The predicted molar refractivity (Wildman–Crippen MR) is 285 cm³/mol. The van der Waals surface area contributed by atoms with E-state index in [9.17, 15) is 57.8 Å². The Balaban J connectivity index is 6.08. The Hall–Kier alpha value is -6.63. The quantitative estimate of drug-likeness (QED) is 0.0120. The van der Waals surface area contributed by atoms with Gasteiger partial charge in [0.1, 0.15) is 54.4 Å². The van der Waals surface area contributed by atoms with Crippen molar-refractivity contribution in [2.75, 3.05) is 24.6 Å². The number of hydrogen-bond acceptors (Lipinski definition) is 16. The summed E-state index contributed by atoms with van der Waals surface area (Å²) in [7, 11) is 0. The van der Waals surface area contributed by atoms with Crippen LogP contribution < -0.4 is 82.3 Å². The minimum Gasteiger partial charge on any atom is -0.480 e. The van der Waals surface area contributed by atoms with E-state index in [1.807, 2.05) is 0 Å². The average molecular weight is 1100 g/mol. The molecular weight excluding hydrogens is 1020 g/mol. The van der Waals surface area contributed by atoms with Gasteiger partial charge in [0, 0.05) is 31.0 Å². The molecule has 0 aromatic heterocycles.